The molecule has 144 valence electrons. The summed E-state index contributed by atoms with van der Waals surface area (Å²) in [5.74, 6) is -0.0819. The van der Waals surface area contributed by atoms with Gasteiger partial charge in [0.2, 0.25) is 5.91 Å². The van der Waals surface area contributed by atoms with Crippen molar-refractivity contribution in [2.75, 3.05) is 0 Å². The van der Waals surface area contributed by atoms with Crippen LogP contribution >= 0.6 is 0 Å². The second-order valence-electron chi connectivity index (χ2n) is 7.76. The van der Waals surface area contributed by atoms with Crippen molar-refractivity contribution in [3.05, 3.63) is 17.7 Å². The van der Waals surface area contributed by atoms with Crippen molar-refractivity contribution in [2.45, 2.75) is 82.9 Å². The summed E-state index contributed by atoms with van der Waals surface area (Å²) in [4.78, 5) is 31.7. The molecule has 0 aromatic carbocycles. The number of aliphatic hydroxyl groups is 1. The Morgan fingerprint density at radius 2 is 1.85 bits per heavy atom. The lowest BCUT2D eigenvalue weighted by molar-refractivity contribution is -0.131. The van der Waals surface area contributed by atoms with Gasteiger partial charge in [-0.1, -0.05) is 32.1 Å². The highest BCUT2D eigenvalue weighted by Crippen LogP contribution is 2.27. The van der Waals surface area contributed by atoms with Crippen LogP contribution in [0.2, 0.25) is 0 Å². The number of H-pyrrole nitrogens is 1. The van der Waals surface area contributed by atoms with Crippen LogP contribution < -0.4 is 10.6 Å². The van der Waals surface area contributed by atoms with Crippen LogP contribution in [0.1, 0.15) is 74.0 Å². The first-order valence-corrected chi connectivity index (χ1v) is 9.84. The van der Waals surface area contributed by atoms with E-state index in [-0.39, 0.29) is 23.9 Å². The fourth-order valence-electron chi connectivity index (χ4n) is 4.25. The maximum Gasteiger partial charge on any atom is 0.272 e. The van der Waals surface area contributed by atoms with Gasteiger partial charge in [-0.05, 0) is 38.5 Å². The predicted molar refractivity (Wildman–Crippen MR) is 97.6 cm³/mol. The zero-order valence-corrected chi connectivity index (χ0v) is 15.5. The van der Waals surface area contributed by atoms with Crippen molar-refractivity contribution in [2.24, 2.45) is 5.92 Å². The van der Waals surface area contributed by atoms with Crippen LogP contribution in [0.3, 0.4) is 0 Å². The van der Waals surface area contributed by atoms with E-state index in [0.29, 0.717) is 18.0 Å². The number of aliphatic hydroxyl groups excluding tert-OH is 1. The number of rotatable bonds is 6. The van der Waals surface area contributed by atoms with E-state index in [1.165, 1.54) is 25.6 Å². The third kappa shape index (κ3) is 4.63. The summed E-state index contributed by atoms with van der Waals surface area (Å²) in [6.07, 6.45) is 9.53. The Kier molecular flexibility index (Phi) is 6.29. The smallest absolute Gasteiger partial charge is 0.272 e. The average Bonchev–Trinajstić information content (AvgIpc) is 3.24. The third-order valence-corrected chi connectivity index (χ3v) is 5.79. The van der Waals surface area contributed by atoms with E-state index >= 15 is 0 Å². The lowest BCUT2D eigenvalue weighted by atomic mass is 9.85. The Labute approximate surface area is 154 Å². The van der Waals surface area contributed by atoms with E-state index in [0.717, 1.165) is 37.8 Å². The zero-order chi connectivity index (χ0) is 18.5. The largest absolute Gasteiger partial charge is 0.383 e. The number of imidazole rings is 1. The second-order valence-corrected chi connectivity index (χ2v) is 7.76. The number of aryl methyl sites for hydroxylation is 1. The Morgan fingerprint density at radius 3 is 2.50 bits per heavy atom. The number of amides is 2. The van der Waals surface area contributed by atoms with Crippen LogP contribution in [0.4, 0.5) is 0 Å². The molecule has 0 saturated heterocycles. The fourth-order valence-corrected chi connectivity index (χ4v) is 4.25. The zero-order valence-electron chi connectivity index (χ0n) is 15.5. The van der Waals surface area contributed by atoms with Crippen LogP contribution in [0.5, 0.6) is 0 Å². The SMILES string of the molecule is Cc1[nH]cnc1C(=O)N[C@@H]1CCC[C@@H]1NC(=O)C(O)CC1CCCCC1. The summed E-state index contributed by atoms with van der Waals surface area (Å²) in [7, 11) is 0. The first-order chi connectivity index (χ1) is 12.5. The molecule has 4 N–H and O–H groups in total. The molecule has 1 unspecified atom stereocenters. The van der Waals surface area contributed by atoms with Gasteiger partial charge in [0.1, 0.15) is 11.8 Å². The highest BCUT2D eigenvalue weighted by molar-refractivity contribution is 5.93. The van der Waals surface area contributed by atoms with Gasteiger partial charge in [-0.3, -0.25) is 9.59 Å². The molecule has 2 amide bonds. The first kappa shape index (κ1) is 18.9. The molecule has 2 saturated carbocycles. The van der Waals surface area contributed by atoms with Gasteiger partial charge in [0.15, 0.2) is 0 Å². The quantitative estimate of drug-likeness (QED) is 0.619. The summed E-state index contributed by atoms with van der Waals surface area (Å²) in [5, 5.41) is 16.2. The molecule has 1 aromatic heterocycles. The monoisotopic (exact) mass is 362 g/mol. The molecular weight excluding hydrogens is 332 g/mol. The molecule has 7 nitrogen and oxygen atoms in total. The standard InChI is InChI=1S/C19H30N4O3/c1-12-17(21-11-20-12)19(26)23-15-9-5-8-14(15)22-18(25)16(24)10-13-6-3-2-4-7-13/h11,13-16,24H,2-10H2,1H3,(H,20,21)(H,22,25)(H,23,26)/t14-,15+,16?/m0/s1. The van der Waals surface area contributed by atoms with Crippen molar-refractivity contribution in [3.63, 3.8) is 0 Å². The Balaban J connectivity index is 1.50. The number of aromatic nitrogens is 2. The van der Waals surface area contributed by atoms with Gasteiger partial charge in [0.25, 0.3) is 5.91 Å². The molecule has 0 bridgehead atoms. The molecule has 26 heavy (non-hydrogen) atoms. The lowest BCUT2D eigenvalue weighted by Gasteiger charge is -2.26. The van der Waals surface area contributed by atoms with E-state index in [4.69, 9.17) is 0 Å². The van der Waals surface area contributed by atoms with Crippen LogP contribution in [0, 0.1) is 12.8 Å². The van der Waals surface area contributed by atoms with E-state index in [1.54, 1.807) is 6.92 Å². The molecule has 7 heteroatoms. The average molecular weight is 362 g/mol. The highest BCUT2D eigenvalue weighted by atomic mass is 16.3. The van der Waals surface area contributed by atoms with Crippen LogP contribution in [-0.2, 0) is 4.79 Å². The van der Waals surface area contributed by atoms with Gasteiger partial charge in [0.05, 0.1) is 6.33 Å². The summed E-state index contributed by atoms with van der Waals surface area (Å²) < 4.78 is 0. The van der Waals surface area contributed by atoms with Gasteiger partial charge < -0.3 is 20.7 Å². The summed E-state index contributed by atoms with van der Waals surface area (Å²) >= 11 is 0. The summed E-state index contributed by atoms with van der Waals surface area (Å²) in [6.45, 7) is 1.80. The van der Waals surface area contributed by atoms with Crippen LogP contribution in [-0.4, -0.2) is 45.1 Å². The molecule has 2 aliphatic rings. The normalized spacial score (nSPS) is 25.0. The van der Waals surface area contributed by atoms with Crippen molar-refractivity contribution < 1.29 is 14.7 Å². The van der Waals surface area contributed by atoms with Crippen molar-refractivity contribution in [3.8, 4) is 0 Å². The highest BCUT2D eigenvalue weighted by Gasteiger charge is 2.32. The minimum atomic E-state index is -0.955. The van der Waals surface area contributed by atoms with Gasteiger partial charge in [0, 0.05) is 17.8 Å². The van der Waals surface area contributed by atoms with Crippen molar-refractivity contribution in [1.82, 2.24) is 20.6 Å². The van der Waals surface area contributed by atoms with Crippen LogP contribution in [0.15, 0.2) is 6.33 Å². The second kappa shape index (κ2) is 8.66. The summed E-state index contributed by atoms with van der Waals surface area (Å²) in [6, 6.07) is -0.254. The van der Waals surface area contributed by atoms with E-state index in [2.05, 4.69) is 20.6 Å². The van der Waals surface area contributed by atoms with Gasteiger partial charge >= 0.3 is 0 Å². The molecule has 3 rings (SSSR count). The first-order valence-electron chi connectivity index (χ1n) is 9.84. The van der Waals surface area contributed by atoms with Gasteiger partial charge in [-0.2, -0.15) is 0 Å². The van der Waals surface area contributed by atoms with Crippen molar-refractivity contribution >= 4 is 11.8 Å². The molecule has 0 aliphatic heterocycles. The number of hydrogen-bond donors (Lipinski definition) is 4. The molecule has 1 aromatic rings. The van der Waals surface area contributed by atoms with E-state index < -0.39 is 6.10 Å². The number of carbonyl (C=O) groups excluding carboxylic acids is 2. The lowest BCUT2D eigenvalue weighted by Crippen LogP contribution is -2.51. The predicted octanol–water partition coefficient (Wildman–Crippen LogP) is 1.82. The molecule has 0 radical (unpaired) electrons. The number of nitrogens with zero attached hydrogens (tertiary/aromatic N) is 1. The molecule has 1 heterocycles. The molecule has 0 spiro atoms. The van der Waals surface area contributed by atoms with E-state index in [9.17, 15) is 14.7 Å². The number of nitrogens with one attached hydrogen (secondary N) is 3. The third-order valence-electron chi connectivity index (χ3n) is 5.79. The number of carbonyl (C=O) groups is 2. The summed E-state index contributed by atoms with van der Waals surface area (Å²) in [5.41, 5.74) is 1.11. The molecule has 2 aliphatic carbocycles. The Hall–Kier alpha value is -1.89. The molecule has 3 atom stereocenters. The minimum absolute atomic E-state index is 0.121. The number of aromatic amines is 1. The number of hydrogen-bond acceptors (Lipinski definition) is 4. The Morgan fingerprint density at radius 1 is 1.15 bits per heavy atom. The Bertz CT molecular complexity index is 624. The minimum Gasteiger partial charge on any atom is -0.383 e. The van der Waals surface area contributed by atoms with Crippen molar-refractivity contribution in [1.29, 1.82) is 0 Å². The molecule has 2 fully saturated rings. The van der Waals surface area contributed by atoms with Gasteiger partial charge in [-0.15, -0.1) is 0 Å². The molecular formula is C19H30N4O3. The van der Waals surface area contributed by atoms with E-state index in [1.807, 2.05) is 0 Å². The maximum atomic E-state index is 12.4. The topological polar surface area (TPSA) is 107 Å². The maximum absolute atomic E-state index is 12.4. The van der Waals surface area contributed by atoms with Crippen LogP contribution in [0.25, 0.3) is 0 Å². The fraction of sp³-hybridized carbons (Fsp3) is 0.737. The van der Waals surface area contributed by atoms with Gasteiger partial charge in [-0.25, -0.2) is 4.98 Å².